The Morgan fingerprint density at radius 2 is 2.35 bits per heavy atom. The van der Waals surface area contributed by atoms with Gasteiger partial charge in [0.25, 0.3) is 5.91 Å². The van der Waals surface area contributed by atoms with Gasteiger partial charge < -0.3 is 5.32 Å². The van der Waals surface area contributed by atoms with Gasteiger partial charge in [0, 0.05) is 17.6 Å². The monoisotopic (exact) mass is 335 g/mol. The molecule has 1 fully saturated rings. The Bertz CT molecular complexity index is 610. The standard InChI is InChI=1S/C15H18BrN3O/c16-12-5-3-4-11(8-12)9-17-15(20)13-10-18-19-7-2-1-6-14(13)19/h1-2,6-7,10-12H,3-5,8-9H2,(H,17,20). The minimum atomic E-state index is -0.0251. The first-order valence-electron chi connectivity index (χ1n) is 7.08. The van der Waals surface area contributed by atoms with Crippen LogP contribution in [0, 0.1) is 5.92 Å². The van der Waals surface area contributed by atoms with Crippen LogP contribution in [0.25, 0.3) is 5.52 Å². The highest BCUT2D eigenvalue weighted by Gasteiger charge is 2.21. The van der Waals surface area contributed by atoms with Gasteiger partial charge in [-0.25, -0.2) is 4.52 Å². The topological polar surface area (TPSA) is 46.4 Å². The van der Waals surface area contributed by atoms with Crippen molar-refractivity contribution in [2.45, 2.75) is 30.5 Å². The van der Waals surface area contributed by atoms with Crippen molar-refractivity contribution in [1.29, 1.82) is 0 Å². The first-order chi connectivity index (χ1) is 9.74. The van der Waals surface area contributed by atoms with Crippen molar-refractivity contribution < 1.29 is 4.79 Å². The van der Waals surface area contributed by atoms with E-state index in [1.807, 2.05) is 24.4 Å². The summed E-state index contributed by atoms with van der Waals surface area (Å²) in [4.78, 5) is 12.9. The summed E-state index contributed by atoms with van der Waals surface area (Å²) in [7, 11) is 0. The van der Waals surface area contributed by atoms with E-state index < -0.39 is 0 Å². The molecular weight excluding hydrogens is 318 g/mol. The zero-order chi connectivity index (χ0) is 13.9. The number of carbonyl (C=O) groups excluding carboxylic acids is 1. The molecule has 0 aliphatic heterocycles. The quantitative estimate of drug-likeness (QED) is 0.876. The van der Waals surface area contributed by atoms with Crippen LogP contribution in [0.4, 0.5) is 0 Å². The van der Waals surface area contributed by atoms with Crippen LogP contribution in [0.3, 0.4) is 0 Å². The van der Waals surface area contributed by atoms with Crippen LogP contribution in [-0.2, 0) is 0 Å². The Kier molecular flexibility index (Phi) is 4.05. The number of fused-ring (bicyclic) bond motifs is 1. The second-order valence-electron chi connectivity index (χ2n) is 5.43. The van der Waals surface area contributed by atoms with Crippen molar-refractivity contribution in [2.75, 3.05) is 6.54 Å². The van der Waals surface area contributed by atoms with Gasteiger partial charge in [-0.1, -0.05) is 28.4 Å². The molecule has 1 amide bonds. The van der Waals surface area contributed by atoms with Gasteiger partial charge in [-0.2, -0.15) is 5.10 Å². The molecule has 0 saturated heterocycles. The van der Waals surface area contributed by atoms with Gasteiger partial charge in [-0.15, -0.1) is 0 Å². The molecule has 0 spiro atoms. The molecule has 1 aliphatic rings. The molecule has 2 heterocycles. The number of nitrogens with zero attached hydrogens (tertiary/aromatic N) is 2. The van der Waals surface area contributed by atoms with Crippen molar-refractivity contribution in [3.05, 3.63) is 36.2 Å². The largest absolute Gasteiger partial charge is 0.352 e. The van der Waals surface area contributed by atoms with Gasteiger partial charge in [-0.05, 0) is 37.3 Å². The van der Waals surface area contributed by atoms with Crippen molar-refractivity contribution in [3.63, 3.8) is 0 Å². The molecule has 0 radical (unpaired) electrons. The van der Waals surface area contributed by atoms with Crippen LogP contribution in [0.1, 0.15) is 36.0 Å². The summed E-state index contributed by atoms with van der Waals surface area (Å²) in [5.74, 6) is 0.557. The third kappa shape index (κ3) is 2.87. The lowest BCUT2D eigenvalue weighted by Crippen LogP contribution is -2.31. The van der Waals surface area contributed by atoms with E-state index >= 15 is 0 Å². The summed E-state index contributed by atoms with van der Waals surface area (Å²) in [6.07, 6.45) is 8.33. The molecule has 20 heavy (non-hydrogen) atoms. The fourth-order valence-corrected chi connectivity index (χ4v) is 3.70. The molecule has 2 aromatic rings. The van der Waals surface area contributed by atoms with Crippen molar-refractivity contribution >= 4 is 27.4 Å². The molecule has 3 rings (SSSR count). The maximum Gasteiger partial charge on any atom is 0.255 e. The zero-order valence-electron chi connectivity index (χ0n) is 11.3. The lowest BCUT2D eigenvalue weighted by atomic mass is 9.89. The molecule has 106 valence electrons. The number of aromatic nitrogens is 2. The number of carbonyl (C=O) groups is 1. The van der Waals surface area contributed by atoms with Crippen LogP contribution in [0.2, 0.25) is 0 Å². The van der Waals surface area contributed by atoms with Gasteiger partial charge in [-0.3, -0.25) is 4.79 Å². The predicted molar refractivity (Wildman–Crippen MR) is 82.2 cm³/mol. The molecule has 2 aromatic heterocycles. The minimum Gasteiger partial charge on any atom is -0.352 e. The number of nitrogens with one attached hydrogen (secondary N) is 1. The first-order valence-corrected chi connectivity index (χ1v) is 8.00. The smallest absolute Gasteiger partial charge is 0.255 e. The van der Waals surface area contributed by atoms with E-state index in [1.54, 1.807) is 10.7 Å². The predicted octanol–water partition coefficient (Wildman–Crippen LogP) is 3.02. The second-order valence-corrected chi connectivity index (χ2v) is 6.72. The maximum absolute atomic E-state index is 12.3. The molecule has 0 bridgehead atoms. The Labute approximate surface area is 126 Å². The van der Waals surface area contributed by atoms with Crippen LogP contribution >= 0.6 is 15.9 Å². The normalized spacial score (nSPS) is 22.9. The van der Waals surface area contributed by atoms with E-state index in [4.69, 9.17) is 0 Å². The summed E-state index contributed by atoms with van der Waals surface area (Å²) in [5.41, 5.74) is 1.50. The molecule has 1 aliphatic carbocycles. The number of pyridine rings is 1. The van der Waals surface area contributed by atoms with Gasteiger partial charge >= 0.3 is 0 Å². The van der Waals surface area contributed by atoms with E-state index in [2.05, 4.69) is 26.3 Å². The van der Waals surface area contributed by atoms with Gasteiger partial charge in [0.05, 0.1) is 17.3 Å². The Morgan fingerprint density at radius 1 is 1.45 bits per heavy atom. The van der Waals surface area contributed by atoms with Crippen molar-refractivity contribution in [1.82, 2.24) is 14.9 Å². The van der Waals surface area contributed by atoms with E-state index in [9.17, 15) is 4.79 Å². The van der Waals surface area contributed by atoms with E-state index in [1.165, 1.54) is 19.3 Å². The average Bonchev–Trinajstić information content (AvgIpc) is 2.89. The van der Waals surface area contributed by atoms with E-state index in [-0.39, 0.29) is 5.91 Å². The number of hydrogen-bond donors (Lipinski definition) is 1. The molecule has 2 atom stereocenters. The fraction of sp³-hybridized carbons (Fsp3) is 0.467. The summed E-state index contributed by atoms with van der Waals surface area (Å²) >= 11 is 3.68. The molecule has 1 N–H and O–H groups in total. The van der Waals surface area contributed by atoms with Crippen LogP contribution in [-0.4, -0.2) is 26.9 Å². The first kappa shape index (κ1) is 13.6. The highest BCUT2D eigenvalue weighted by atomic mass is 79.9. The average molecular weight is 336 g/mol. The third-order valence-electron chi connectivity index (χ3n) is 3.94. The van der Waals surface area contributed by atoms with E-state index in [0.29, 0.717) is 16.3 Å². The number of halogens is 1. The molecule has 0 aromatic carbocycles. The highest BCUT2D eigenvalue weighted by Crippen LogP contribution is 2.28. The minimum absolute atomic E-state index is 0.0251. The Hall–Kier alpha value is -1.36. The van der Waals surface area contributed by atoms with Gasteiger partial charge in [0.2, 0.25) is 0 Å². The van der Waals surface area contributed by atoms with Crippen LogP contribution in [0.5, 0.6) is 0 Å². The van der Waals surface area contributed by atoms with Gasteiger partial charge in [0.1, 0.15) is 0 Å². The lowest BCUT2D eigenvalue weighted by molar-refractivity contribution is 0.0945. The van der Waals surface area contributed by atoms with Crippen LogP contribution < -0.4 is 5.32 Å². The van der Waals surface area contributed by atoms with E-state index in [0.717, 1.165) is 18.5 Å². The number of amides is 1. The number of hydrogen-bond acceptors (Lipinski definition) is 2. The number of rotatable bonds is 3. The molecular formula is C15H18BrN3O. The van der Waals surface area contributed by atoms with Crippen molar-refractivity contribution in [3.8, 4) is 0 Å². The highest BCUT2D eigenvalue weighted by molar-refractivity contribution is 9.09. The summed E-state index contributed by atoms with van der Waals surface area (Å²) in [6.45, 7) is 0.755. The van der Waals surface area contributed by atoms with Gasteiger partial charge in [0.15, 0.2) is 0 Å². The fourth-order valence-electron chi connectivity index (χ4n) is 2.85. The third-order valence-corrected chi connectivity index (χ3v) is 4.77. The summed E-state index contributed by atoms with van der Waals surface area (Å²) in [6, 6.07) is 5.74. The van der Waals surface area contributed by atoms with Crippen molar-refractivity contribution in [2.24, 2.45) is 5.92 Å². The SMILES string of the molecule is O=C(NCC1CCCC(Br)C1)c1cnn2ccccc12. The Morgan fingerprint density at radius 3 is 3.20 bits per heavy atom. The molecule has 4 nitrogen and oxygen atoms in total. The van der Waals surface area contributed by atoms with Crippen LogP contribution in [0.15, 0.2) is 30.6 Å². The summed E-state index contributed by atoms with van der Waals surface area (Å²) < 4.78 is 1.73. The maximum atomic E-state index is 12.3. The number of alkyl halides is 1. The Balaban J connectivity index is 1.64. The molecule has 5 heteroatoms. The zero-order valence-corrected chi connectivity index (χ0v) is 12.8. The second kappa shape index (κ2) is 5.95. The lowest BCUT2D eigenvalue weighted by Gasteiger charge is -2.25. The molecule has 1 saturated carbocycles. The summed E-state index contributed by atoms with van der Waals surface area (Å²) in [5, 5.41) is 7.25. The molecule has 2 unspecified atom stereocenters.